The molecule has 0 radical (unpaired) electrons. The van der Waals surface area contributed by atoms with Gasteiger partial charge in [0.25, 0.3) is 0 Å². The van der Waals surface area contributed by atoms with Crippen LogP contribution in [0.15, 0.2) is 48.5 Å². The molecule has 0 saturated carbocycles. The van der Waals surface area contributed by atoms with E-state index >= 15 is 0 Å². The Balaban J connectivity index is 1.57. The fourth-order valence-electron chi connectivity index (χ4n) is 2.79. The van der Waals surface area contributed by atoms with Crippen molar-refractivity contribution in [2.75, 3.05) is 31.1 Å². The van der Waals surface area contributed by atoms with Crippen LogP contribution < -0.4 is 4.90 Å². The normalized spacial score (nSPS) is 14.9. The van der Waals surface area contributed by atoms with E-state index in [0.29, 0.717) is 19.5 Å². The Hall–Kier alpha value is -2.07. The standard InChI is InChI=1S/C18H18ClFN2O/c19-16-3-1-2-4-17(16)21-9-11-22(12-10-21)18(23)13-14-5-7-15(20)8-6-14/h1-8H,9-13H2. The number of benzene rings is 2. The molecule has 23 heavy (non-hydrogen) atoms. The first-order chi connectivity index (χ1) is 11.1. The summed E-state index contributed by atoms with van der Waals surface area (Å²) in [6.45, 7) is 2.87. The molecule has 0 atom stereocenters. The topological polar surface area (TPSA) is 23.6 Å². The monoisotopic (exact) mass is 332 g/mol. The van der Waals surface area contributed by atoms with E-state index in [1.165, 1.54) is 12.1 Å². The Bertz CT molecular complexity index is 682. The van der Waals surface area contributed by atoms with E-state index in [1.807, 2.05) is 29.2 Å². The lowest BCUT2D eigenvalue weighted by atomic mass is 10.1. The highest BCUT2D eigenvalue weighted by molar-refractivity contribution is 6.33. The number of amides is 1. The lowest BCUT2D eigenvalue weighted by Crippen LogP contribution is -2.49. The minimum Gasteiger partial charge on any atom is -0.367 e. The molecular formula is C18H18ClFN2O. The summed E-state index contributed by atoms with van der Waals surface area (Å²) in [5.74, 6) is -0.204. The zero-order valence-corrected chi connectivity index (χ0v) is 13.5. The number of carbonyl (C=O) groups excluding carboxylic acids is 1. The number of para-hydroxylation sites is 1. The molecule has 1 amide bonds. The number of hydrogen-bond acceptors (Lipinski definition) is 2. The number of halogens is 2. The van der Waals surface area contributed by atoms with Crippen LogP contribution in [0, 0.1) is 5.82 Å². The largest absolute Gasteiger partial charge is 0.367 e. The molecule has 0 bridgehead atoms. The molecule has 1 heterocycles. The van der Waals surface area contributed by atoms with Gasteiger partial charge in [-0.1, -0.05) is 35.9 Å². The smallest absolute Gasteiger partial charge is 0.227 e. The number of anilines is 1. The summed E-state index contributed by atoms with van der Waals surface area (Å²) in [5, 5.41) is 0.735. The Morgan fingerprint density at radius 1 is 1.00 bits per heavy atom. The maximum Gasteiger partial charge on any atom is 0.227 e. The zero-order chi connectivity index (χ0) is 16.2. The molecule has 2 aromatic rings. The van der Waals surface area contributed by atoms with Crippen molar-refractivity contribution in [2.45, 2.75) is 6.42 Å². The number of piperazine rings is 1. The first-order valence-corrected chi connectivity index (χ1v) is 8.03. The van der Waals surface area contributed by atoms with Crippen molar-refractivity contribution >= 4 is 23.2 Å². The summed E-state index contributed by atoms with van der Waals surface area (Å²) in [5.41, 5.74) is 1.85. The molecule has 1 saturated heterocycles. The van der Waals surface area contributed by atoms with Gasteiger partial charge in [0.2, 0.25) is 5.91 Å². The van der Waals surface area contributed by atoms with Gasteiger partial charge >= 0.3 is 0 Å². The van der Waals surface area contributed by atoms with E-state index < -0.39 is 0 Å². The van der Waals surface area contributed by atoms with Gasteiger partial charge < -0.3 is 9.80 Å². The Kier molecular flexibility index (Phi) is 4.82. The van der Waals surface area contributed by atoms with Crippen LogP contribution >= 0.6 is 11.6 Å². The fourth-order valence-corrected chi connectivity index (χ4v) is 3.05. The van der Waals surface area contributed by atoms with Crippen LogP contribution in [-0.4, -0.2) is 37.0 Å². The Labute approximate surface area is 140 Å². The van der Waals surface area contributed by atoms with Crippen LogP contribution in [0.2, 0.25) is 5.02 Å². The van der Waals surface area contributed by atoms with Gasteiger partial charge in [0, 0.05) is 26.2 Å². The van der Waals surface area contributed by atoms with Crippen LogP contribution in [0.25, 0.3) is 0 Å². The van der Waals surface area contributed by atoms with Crippen molar-refractivity contribution in [1.82, 2.24) is 4.90 Å². The second kappa shape index (κ2) is 7.01. The van der Waals surface area contributed by atoms with Gasteiger partial charge in [-0.15, -0.1) is 0 Å². The molecule has 0 N–H and O–H groups in total. The summed E-state index contributed by atoms with van der Waals surface area (Å²) in [6, 6.07) is 13.8. The molecule has 1 aliphatic heterocycles. The molecule has 120 valence electrons. The molecule has 0 aliphatic carbocycles. The van der Waals surface area contributed by atoms with Crippen molar-refractivity contribution in [2.24, 2.45) is 0 Å². The van der Waals surface area contributed by atoms with Crippen LogP contribution in [0.1, 0.15) is 5.56 Å². The summed E-state index contributed by atoms with van der Waals surface area (Å²) in [7, 11) is 0. The molecule has 0 unspecified atom stereocenters. The predicted octanol–water partition coefficient (Wildman–Crippen LogP) is 3.37. The third-order valence-corrected chi connectivity index (χ3v) is 4.41. The minimum absolute atomic E-state index is 0.0791. The molecule has 1 aliphatic rings. The number of hydrogen-bond donors (Lipinski definition) is 0. The first kappa shape index (κ1) is 15.8. The third kappa shape index (κ3) is 3.82. The Morgan fingerprint density at radius 3 is 2.30 bits per heavy atom. The lowest BCUT2D eigenvalue weighted by molar-refractivity contribution is -0.130. The van der Waals surface area contributed by atoms with Gasteiger partial charge in [0.1, 0.15) is 5.82 Å². The quantitative estimate of drug-likeness (QED) is 0.860. The van der Waals surface area contributed by atoms with Crippen molar-refractivity contribution < 1.29 is 9.18 Å². The number of nitrogens with zero attached hydrogens (tertiary/aromatic N) is 2. The van der Waals surface area contributed by atoms with Gasteiger partial charge in [-0.25, -0.2) is 4.39 Å². The lowest BCUT2D eigenvalue weighted by Gasteiger charge is -2.36. The molecule has 0 aromatic heterocycles. The van der Waals surface area contributed by atoms with Crippen LogP contribution in [0.4, 0.5) is 10.1 Å². The molecule has 2 aromatic carbocycles. The maximum atomic E-state index is 12.9. The van der Waals surface area contributed by atoms with Crippen molar-refractivity contribution in [3.8, 4) is 0 Å². The third-order valence-electron chi connectivity index (χ3n) is 4.09. The van der Waals surface area contributed by atoms with E-state index in [4.69, 9.17) is 11.6 Å². The Morgan fingerprint density at radius 2 is 1.65 bits per heavy atom. The van der Waals surface area contributed by atoms with Crippen LogP contribution in [0.3, 0.4) is 0 Å². The molecule has 5 heteroatoms. The molecule has 0 spiro atoms. The van der Waals surface area contributed by atoms with Crippen LogP contribution in [0.5, 0.6) is 0 Å². The summed E-state index contributed by atoms with van der Waals surface area (Å²) in [6.07, 6.45) is 0.312. The fraction of sp³-hybridized carbons (Fsp3) is 0.278. The van der Waals surface area contributed by atoms with Gasteiger partial charge in [0.15, 0.2) is 0 Å². The average Bonchev–Trinajstić information content (AvgIpc) is 2.57. The van der Waals surface area contributed by atoms with Crippen LogP contribution in [-0.2, 0) is 11.2 Å². The molecule has 1 fully saturated rings. The summed E-state index contributed by atoms with van der Waals surface area (Å²) >= 11 is 6.22. The maximum absolute atomic E-state index is 12.9. The average molecular weight is 333 g/mol. The van der Waals surface area contributed by atoms with E-state index in [2.05, 4.69) is 4.90 Å². The summed E-state index contributed by atoms with van der Waals surface area (Å²) in [4.78, 5) is 16.4. The van der Waals surface area contributed by atoms with Crippen molar-refractivity contribution in [1.29, 1.82) is 0 Å². The number of rotatable bonds is 3. The van der Waals surface area contributed by atoms with E-state index in [1.54, 1.807) is 12.1 Å². The van der Waals surface area contributed by atoms with E-state index in [9.17, 15) is 9.18 Å². The molecular weight excluding hydrogens is 315 g/mol. The van der Waals surface area contributed by atoms with Gasteiger partial charge in [0.05, 0.1) is 17.1 Å². The molecule has 3 rings (SSSR count). The highest BCUT2D eigenvalue weighted by Crippen LogP contribution is 2.26. The highest BCUT2D eigenvalue weighted by Gasteiger charge is 2.22. The second-order valence-corrected chi connectivity index (χ2v) is 6.03. The minimum atomic E-state index is -0.283. The van der Waals surface area contributed by atoms with Crippen molar-refractivity contribution in [3.05, 3.63) is 64.9 Å². The zero-order valence-electron chi connectivity index (χ0n) is 12.7. The van der Waals surface area contributed by atoms with Gasteiger partial charge in [-0.05, 0) is 29.8 Å². The highest BCUT2D eigenvalue weighted by atomic mass is 35.5. The first-order valence-electron chi connectivity index (χ1n) is 7.65. The van der Waals surface area contributed by atoms with E-state index in [-0.39, 0.29) is 11.7 Å². The van der Waals surface area contributed by atoms with Gasteiger partial charge in [-0.3, -0.25) is 4.79 Å². The number of carbonyl (C=O) groups is 1. The van der Waals surface area contributed by atoms with Crippen molar-refractivity contribution in [3.63, 3.8) is 0 Å². The van der Waals surface area contributed by atoms with Gasteiger partial charge in [-0.2, -0.15) is 0 Å². The van der Waals surface area contributed by atoms with E-state index in [0.717, 1.165) is 29.4 Å². The summed E-state index contributed by atoms with van der Waals surface area (Å²) < 4.78 is 12.9. The SMILES string of the molecule is O=C(Cc1ccc(F)cc1)N1CCN(c2ccccc2Cl)CC1. The molecule has 3 nitrogen and oxygen atoms in total. The predicted molar refractivity (Wildman–Crippen MR) is 90.3 cm³/mol. The second-order valence-electron chi connectivity index (χ2n) is 5.62.